The summed E-state index contributed by atoms with van der Waals surface area (Å²) < 4.78 is 0. The largest absolute Gasteiger partial charge is 0.394 e. The van der Waals surface area contributed by atoms with Crippen molar-refractivity contribution in [2.45, 2.75) is 26.7 Å². The van der Waals surface area contributed by atoms with E-state index in [4.69, 9.17) is 5.11 Å². The molecule has 0 unspecified atom stereocenters. The monoisotopic (exact) mass is 129 g/mol. The molecule has 0 heterocycles. The van der Waals surface area contributed by atoms with Crippen LogP contribution >= 0.6 is 0 Å². The normalized spacial score (nSPS) is 12.1. The van der Waals surface area contributed by atoms with Crippen molar-refractivity contribution in [3.05, 3.63) is 0 Å². The topological polar surface area (TPSA) is 32.6 Å². The third-order valence-corrected chi connectivity index (χ3v) is 1.09. The van der Waals surface area contributed by atoms with E-state index >= 15 is 0 Å². The second kappa shape index (κ2) is 5.76. The average molecular weight is 129 g/mol. The van der Waals surface area contributed by atoms with Crippen molar-refractivity contribution in [1.82, 2.24) is 0 Å². The maximum absolute atomic E-state index is 8.38. The zero-order chi connectivity index (χ0) is 7.11. The van der Waals surface area contributed by atoms with E-state index in [1.807, 2.05) is 6.92 Å². The molecule has 0 amide bonds. The van der Waals surface area contributed by atoms with E-state index in [0.29, 0.717) is 6.54 Å². The van der Waals surface area contributed by atoms with Gasteiger partial charge in [-0.3, -0.25) is 4.99 Å². The first-order valence-electron chi connectivity index (χ1n) is 3.42. The van der Waals surface area contributed by atoms with E-state index in [-0.39, 0.29) is 6.61 Å². The Labute approximate surface area is 56.6 Å². The summed E-state index contributed by atoms with van der Waals surface area (Å²) in [5.74, 6) is 0. The summed E-state index contributed by atoms with van der Waals surface area (Å²) in [6.07, 6.45) is 2.20. The lowest BCUT2D eigenvalue weighted by molar-refractivity contribution is 0.307. The van der Waals surface area contributed by atoms with Crippen molar-refractivity contribution in [3.63, 3.8) is 0 Å². The lowest BCUT2D eigenvalue weighted by atomic mass is 10.2. The molecule has 2 heteroatoms. The summed E-state index contributed by atoms with van der Waals surface area (Å²) in [6, 6.07) is 0. The lowest BCUT2D eigenvalue weighted by Crippen LogP contribution is -1.95. The fourth-order valence-electron chi connectivity index (χ4n) is 0.682. The quantitative estimate of drug-likeness (QED) is 0.569. The summed E-state index contributed by atoms with van der Waals surface area (Å²) in [5.41, 5.74) is 1.14. The molecule has 54 valence electrons. The van der Waals surface area contributed by atoms with Gasteiger partial charge in [0.2, 0.25) is 0 Å². The molecule has 0 spiro atoms. The molecule has 0 aliphatic heterocycles. The van der Waals surface area contributed by atoms with Gasteiger partial charge in [-0.25, -0.2) is 0 Å². The van der Waals surface area contributed by atoms with Gasteiger partial charge in [-0.15, -0.1) is 0 Å². The van der Waals surface area contributed by atoms with Crippen molar-refractivity contribution in [2.24, 2.45) is 4.99 Å². The zero-order valence-corrected chi connectivity index (χ0v) is 6.22. The number of rotatable bonds is 4. The summed E-state index contributed by atoms with van der Waals surface area (Å²) in [7, 11) is 0. The maximum Gasteiger partial charge on any atom is 0.0626 e. The predicted molar refractivity (Wildman–Crippen MR) is 40.0 cm³/mol. The van der Waals surface area contributed by atoms with Gasteiger partial charge < -0.3 is 5.11 Å². The van der Waals surface area contributed by atoms with Gasteiger partial charge in [0.15, 0.2) is 0 Å². The van der Waals surface area contributed by atoms with E-state index in [0.717, 1.165) is 18.6 Å². The van der Waals surface area contributed by atoms with Crippen LogP contribution in [0.2, 0.25) is 0 Å². The third-order valence-electron chi connectivity index (χ3n) is 1.09. The molecule has 2 nitrogen and oxygen atoms in total. The lowest BCUT2D eigenvalue weighted by Gasteiger charge is -1.94. The Hall–Kier alpha value is -0.370. The highest BCUT2D eigenvalue weighted by atomic mass is 16.3. The van der Waals surface area contributed by atoms with Crippen molar-refractivity contribution in [1.29, 1.82) is 0 Å². The highest BCUT2D eigenvalue weighted by Gasteiger charge is 1.85. The summed E-state index contributed by atoms with van der Waals surface area (Å²) in [5, 5.41) is 8.38. The van der Waals surface area contributed by atoms with Crippen molar-refractivity contribution in [3.8, 4) is 0 Å². The second-order valence-electron chi connectivity index (χ2n) is 2.09. The number of hydrogen-bond acceptors (Lipinski definition) is 2. The maximum atomic E-state index is 8.38. The van der Waals surface area contributed by atoms with E-state index in [9.17, 15) is 0 Å². The molecule has 1 N–H and O–H groups in total. The Morgan fingerprint density at radius 2 is 2.22 bits per heavy atom. The Balaban J connectivity index is 3.30. The van der Waals surface area contributed by atoms with Crippen molar-refractivity contribution >= 4 is 5.71 Å². The van der Waals surface area contributed by atoms with Crippen LogP contribution in [0.4, 0.5) is 0 Å². The molecule has 0 atom stereocenters. The SMILES string of the molecule is CCCC(C)=NCCO. The van der Waals surface area contributed by atoms with E-state index < -0.39 is 0 Å². The first-order valence-corrected chi connectivity index (χ1v) is 3.42. The van der Waals surface area contributed by atoms with Crippen molar-refractivity contribution in [2.75, 3.05) is 13.2 Å². The van der Waals surface area contributed by atoms with Crippen LogP contribution in [0.3, 0.4) is 0 Å². The molecule has 9 heavy (non-hydrogen) atoms. The average Bonchev–Trinajstić information content (AvgIpc) is 1.85. The molecule has 0 saturated carbocycles. The van der Waals surface area contributed by atoms with Crippen LogP contribution in [0.15, 0.2) is 4.99 Å². The molecule has 0 aromatic heterocycles. The van der Waals surface area contributed by atoms with Crippen LogP contribution in [0.5, 0.6) is 0 Å². The van der Waals surface area contributed by atoms with E-state index in [2.05, 4.69) is 11.9 Å². The predicted octanol–water partition coefficient (Wildman–Crippen LogP) is 1.24. The number of aliphatic hydroxyl groups excluding tert-OH is 1. The Bertz CT molecular complexity index is 88.9. The first kappa shape index (κ1) is 8.63. The highest BCUT2D eigenvalue weighted by Crippen LogP contribution is 1.90. The third kappa shape index (κ3) is 5.50. The molecular weight excluding hydrogens is 114 g/mol. The van der Waals surface area contributed by atoms with Gasteiger partial charge in [-0.2, -0.15) is 0 Å². The molecule has 0 rings (SSSR count). The molecule has 0 aromatic carbocycles. The summed E-state index contributed by atoms with van der Waals surface area (Å²) >= 11 is 0. The molecule has 0 fully saturated rings. The standard InChI is InChI=1S/C7H15NO/c1-3-4-7(2)8-5-6-9/h9H,3-6H2,1-2H3. The highest BCUT2D eigenvalue weighted by molar-refractivity contribution is 5.81. The minimum absolute atomic E-state index is 0.168. The molecule has 0 bridgehead atoms. The number of nitrogens with zero attached hydrogens (tertiary/aromatic N) is 1. The first-order chi connectivity index (χ1) is 4.31. The van der Waals surface area contributed by atoms with Gasteiger partial charge in [0.1, 0.15) is 0 Å². The molecule has 0 aliphatic rings. The van der Waals surface area contributed by atoms with Gasteiger partial charge in [-0.05, 0) is 13.3 Å². The van der Waals surface area contributed by atoms with Crippen LogP contribution < -0.4 is 0 Å². The number of aliphatic imine (C=N–C) groups is 1. The van der Waals surface area contributed by atoms with Gasteiger partial charge in [0, 0.05) is 5.71 Å². The van der Waals surface area contributed by atoms with Gasteiger partial charge in [0.05, 0.1) is 13.2 Å². The molecular formula is C7H15NO. The fraction of sp³-hybridized carbons (Fsp3) is 0.857. The zero-order valence-electron chi connectivity index (χ0n) is 6.22. The molecule has 0 radical (unpaired) electrons. The molecule has 0 aromatic rings. The number of hydrogen-bond donors (Lipinski definition) is 1. The summed E-state index contributed by atoms with van der Waals surface area (Å²) in [4.78, 5) is 4.10. The Morgan fingerprint density at radius 3 is 2.67 bits per heavy atom. The Kier molecular flexibility index (Phi) is 5.52. The minimum atomic E-state index is 0.168. The van der Waals surface area contributed by atoms with E-state index in [1.165, 1.54) is 0 Å². The smallest absolute Gasteiger partial charge is 0.0626 e. The minimum Gasteiger partial charge on any atom is -0.394 e. The van der Waals surface area contributed by atoms with Crippen LogP contribution in [0.25, 0.3) is 0 Å². The molecule has 0 saturated heterocycles. The fourth-order valence-corrected chi connectivity index (χ4v) is 0.682. The second-order valence-corrected chi connectivity index (χ2v) is 2.09. The van der Waals surface area contributed by atoms with Gasteiger partial charge >= 0.3 is 0 Å². The van der Waals surface area contributed by atoms with Crippen LogP contribution in [0.1, 0.15) is 26.7 Å². The van der Waals surface area contributed by atoms with Gasteiger partial charge in [0.25, 0.3) is 0 Å². The van der Waals surface area contributed by atoms with Crippen LogP contribution in [0, 0.1) is 0 Å². The number of aliphatic hydroxyl groups is 1. The van der Waals surface area contributed by atoms with Crippen LogP contribution in [-0.4, -0.2) is 24.0 Å². The molecule has 0 aliphatic carbocycles. The summed E-state index contributed by atoms with van der Waals surface area (Å²) in [6.45, 7) is 4.85. The van der Waals surface area contributed by atoms with E-state index in [1.54, 1.807) is 0 Å². The van der Waals surface area contributed by atoms with Crippen LogP contribution in [-0.2, 0) is 0 Å². The Morgan fingerprint density at radius 1 is 1.56 bits per heavy atom. The van der Waals surface area contributed by atoms with Crippen molar-refractivity contribution < 1.29 is 5.11 Å². The van der Waals surface area contributed by atoms with Gasteiger partial charge in [-0.1, -0.05) is 13.3 Å².